The first kappa shape index (κ1) is 30.3. The van der Waals surface area contributed by atoms with E-state index in [1.807, 2.05) is 97.9 Å². The maximum atomic E-state index is 12.0. The Kier molecular flexibility index (Phi) is 9.52. The second-order valence-corrected chi connectivity index (χ2v) is 12.1. The molecule has 1 N–H and O–H groups in total. The van der Waals surface area contributed by atoms with Crippen LogP contribution >= 0.6 is 0 Å². The number of anilines is 2. The quantitative estimate of drug-likeness (QED) is 0.148. The molecule has 0 aliphatic heterocycles. The number of benzene rings is 4. The molecule has 9 heteroatoms. The van der Waals surface area contributed by atoms with Crippen molar-refractivity contribution in [2.24, 2.45) is 0 Å². The van der Waals surface area contributed by atoms with Gasteiger partial charge < -0.3 is 18.8 Å². The van der Waals surface area contributed by atoms with Crippen molar-refractivity contribution in [2.75, 3.05) is 22.5 Å². The second kappa shape index (κ2) is 13.8. The summed E-state index contributed by atoms with van der Waals surface area (Å²) in [6.45, 7) is 3.45. The monoisotopic (exact) mass is 607 g/mol. The number of hydrogen-bond acceptors (Lipinski definition) is 7. The van der Waals surface area contributed by atoms with Gasteiger partial charge in [-0.15, -0.1) is 0 Å². The van der Waals surface area contributed by atoms with Gasteiger partial charge in [0, 0.05) is 31.3 Å². The van der Waals surface area contributed by atoms with Gasteiger partial charge in [0.05, 0.1) is 36.4 Å². The highest BCUT2D eigenvalue weighted by Crippen LogP contribution is 2.31. The van der Waals surface area contributed by atoms with Crippen LogP contribution in [-0.4, -0.2) is 21.3 Å². The van der Waals surface area contributed by atoms with Gasteiger partial charge in [0.1, 0.15) is 23.0 Å². The lowest BCUT2D eigenvalue weighted by Gasteiger charge is -2.28. The molecule has 224 valence electrons. The van der Waals surface area contributed by atoms with Gasteiger partial charge in [-0.3, -0.25) is 4.72 Å². The second-order valence-electron chi connectivity index (χ2n) is 10.4. The topological polar surface area (TPSA) is 105 Å². The van der Waals surface area contributed by atoms with Crippen molar-refractivity contribution in [1.29, 1.82) is 5.26 Å². The third kappa shape index (κ3) is 8.43. The maximum absolute atomic E-state index is 12.0. The molecule has 0 unspecified atom stereocenters. The van der Waals surface area contributed by atoms with E-state index in [0.29, 0.717) is 54.6 Å². The lowest BCUT2D eigenvalue weighted by molar-refractivity contribution is 0.308. The molecule has 0 spiro atoms. The first-order chi connectivity index (χ1) is 21.3. The molecule has 0 fully saturated rings. The summed E-state index contributed by atoms with van der Waals surface area (Å²) in [6.07, 6.45) is 3.47. The van der Waals surface area contributed by atoms with Crippen molar-refractivity contribution in [3.05, 3.63) is 137 Å². The van der Waals surface area contributed by atoms with Crippen molar-refractivity contribution in [3.63, 3.8) is 0 Å². The Morgan fingerprint density at radius 3 is 2.34 bits per heavy atom. The standard InChI is InChI=1S/C35H33N3O5S/c1-26-34(37-44(2,39)40)12-5-13-35(26)38(25-29-8-3-7-28(21-29)23-36)24-27-14-16-31(17-15-27)43-33-10-4-9-32(22-33)42-20-18-30-11-6-19-41-30/h3-17,19,21-22,37H,18,20,24-25H2,1-2H3. The van der Waals surface area contributed by atoms with Crippen molar-refractivity contribution >= 4 is 21.4 Å². The molecular formula is C35H33N3O5S. The van der Waals surface area contributed by atoms with Crippen molar-refractivity contribution in [2.45, 2.75) is 26.4 Å². The number of nitrogens with zero attached hydrogens (tertiary/aromatic N) is 2. The highest BCUT2D eigenvalue weighted by Gasteiger charge is 2.16. The van der Waals surface area contributed by atoms with E-state index in [1.165, 1.54) is 0 Å². The fourth-order valence-corrected chi connectivity index (χ4v) is 5.45. The van der Waals surface area contributed by atoms with Gasteiger partial charge in [-0.2, -0.15) is 5.26 Å². The normalized spacial score (nSPS) is 11.0. The fraction of sp³-hybridized carbons (Fsp3) is 0.171. The summed E-state index contributed by atoms with van der Waals surface area (Å²) in [5.74, 6) is 2.94. The summed E-state index contributed by atoms with van der Waals surface area (Å²) < 4.78 is 43.9. The summed E-state index contributed by atoms with van der Waals surface area (Å²) in [4.78, 5) is 2.17. The van der Waals surface area contributed by atoms with Crippen LogP contribution in [0.2, 0.25) is 0 Å². The van der Waals surface area contributed by atoms with E-state index in [4.69, 9.17) is 13.9 Å². The maximum Gasteiger partial charge on any atom is 0.229 e. The lowest BCUT2D eigenvalue weighted by Crippen LogP contribution is -2.23. The van der Waals surface area contributed by atoms with Crippen LogP contribution in [0, 0.1) is 18.3 Å². The Bertz CT molecular complexity index is 1850. The molecule has 5 aromatic rings. The molecule has 44 heavy (non-hydrogen) atoms. The summed E-state index contributed by atoms with van der Waals surface area (Å²) >= 11 is 0. The molecule has 0 aliphatic rings. The SMILES string of the molecule is Cc1c(NS(C)(=O)=O)cccc1N(Cc1ccc(Oc2cccc(OCCc3ccco3)c2)cc1)Cc1cccc(C#N)c1. The number of furan rings is 1. The molecule has 0 aliphatic carbocycles. The minimum atomic E-state index is -3.45. The van der Waals surface area contributed by atoms with E-state index in [1.54, 1.807) is 18.4 Å². The third-order valence-corrected chi connectivity index (χ3v) is 7.50. The molecule has 1 heterocycles. The van der Waals surface area contributed by atoms with Gasteiger partial charge in [-0.25, -0.2) is 8.42 Å². The van der Waals surface area contributed by atoms with Crippen LogP contribution in [0.3, 0.4) is 0 Å². The Labute approximate surface area is 258 Å². The summed E-state index contributed by atoms with van der Waals surface area (Å²) in [5.41, 5.74) is 4.79. The van der Waals surface area contributed by atoms with Crippen LogP contribution in [0.25, 0.3) is 0 Å². The highest BCUT2D eigenvalue weighted by molar-refractivity contribution is 7.92. The largest absolute Gasteiger partial charge is 0.493 e. The van der Waals surface area contributed by atoms with Gasteiger partial charge >= 0.3 is 0 Å². The van der Waals surface area contributed by atoms with Gasteiger partial charge in [0.2, 0.25) is 10.0 Å². The fourth-order valence-electron chi connectivity index (χ4n) is 4.83. The van der Waals surface area contributed by atoms with Gasteiger partial charge in [0.15, 0.2) is 0 Å². The smallest absolute Gasteiger partial charge is 0.229 e. The minimum Gasteiger partial charge on any atom is -0.493 e. The highest BCUT2D eigenvalue weighted by atomic mass is 32.2. The number of ether oxygens (including phenoxy) is 2. The number of sulfonamides is 1. The van der Waals surface area contributed by atoms with E-state index in [9.17, 15) is 13.7 Å². The molecular weight excluding hydrogens is 574 g/mol. The van der Waals surface area contributed by atoms with Gasteiger partial charge in [-0.1, -0.05) is 36.4 Å². The summed E-state index contributed by atoms with van der Waals surface area (Å²) in [5, 5.41) is 9.41. The molecule has 8 nitrogen and oxygen atoms in total. The molecule has 0 radical (unpaired) electrons. The molecule has 0 amide bonds. The summed E-state index contributed by atoms with van der Waals surface area (Å²) in [6, 6.07) is 34.4. The van der Waals surface area contributed by atoms with Crippen LogP contribution in [0.1, 0.15) is 28.0 Å². The van der Waals surface area contributed by atoms with Crippen LogP contribution < -0.4 is 19.1 Å². The number of nitriles is 1. The molecule has 0 saturated heterocycles. The third-order valence-electron chi connectivity index (χ3n) is 6.91. The number of rotatable bonds is 13. The van der Waals surface area contributed by atoms with Crippen molar-refractivity contribution < 1.29 is 22.3 Å². The molecule has 4 aromatic carbocycles. The zero-order valence-electron chi connectivity index (χ0n) is 24.6. The average molecular weight is 608 g/mol. The Morgan fingerprint density at radius 1 is 0.841 bits per heavy atom. The van der Waals surface area contributed by atoms with E-state index in [0.717, 1.165) is 34.4 Å². The molecule has 0 atom stereocenters. The van der Waals surface area contributed by atoms with Crippen molar-refractivity contribution in [1.82, 2.24) is 0 Å². The van der Waals surface area contributed by atoms with E-state index < -0.39 is 10.0 Å². The number of hydrogen-bond donors (Lipinski definition) is 1. The zero-order chi connectivity index (χ0) is 30.9. The Morgan fingerprint density at radius 2 is 1.59 bits per heavy atom. The molecule has 0 bridgehead atoms. The first-order valence-corrected chi connectivity index (χ1v) is 16.0. The predicted octanol–water partition coefficient (Wildman–Crippen LogP) is 7.45. The Hall–Kier alpha value is -5.20. The molecule has 0 saturated carbocycles. The zero-order valence-corrected chi connectivity index (χ0v) is 25.4. The van der Waals surface area contributed by atoms with Gasteiger partial charge in [0.25, 0.3) is 0 Å². The number of nitrogens with one attached hydrogen (secondary N) is 1. The van der Waals surface area contributed by atoms with Gasteiger partial charge in [-0.05, 0) is 84.3 Å². The van der Waals surface area contributed by atoms with E-state index >= 15 is 0 Å². The molecule has 1 aromatic heterocycles. The van der Waals surface area contributed by atoms with E-state index in [-0.39, 0.29) is 0 Å². The lowest BCUT2D eigenvalue weighted by atomic mass is 10.1. The summed E-state index contributed by atoms with van der Waals surface area (Å²) in [7, 11) is -3.45. The van der Waals surface area contributed by atoms with Crippen LogP contribution in [0.15, 0.2) is 114 Å². The Balaban J connectivity index is 1.31. The van der Waals surface area contributed by atoms with Crippen LogP contribution in [0.5, 0.6) is 17.2 Å². The van der Waals surface area contributed by atoms with Crippen LogP contribution in [-0.2, 0) is 29.5 Å². The average Bonchev–Trinajstić information content (AvgIpc) is 3.52. The minimum absolute atomic E-state index is 0.496. The van der Waals surface area contributed by atoms with Crippen LogP contribution in [0.4, 0.5) is 11.4 Å². The predicted molar refractivity (Wildman–Crippen MR) is 172 cm³/mol. The molecule has 5 rings (SSSR count). The van der Waals surface area contributed by atoms with Crippen molar-refractivity contribution in [3.8, 4) is 23.3 Å². The van der Waals surface area contributed by atoms with E-state index in [2.05, 4.69) is 15.7 Å². The first-order valence-electron chi connectivity index (χ1n) is 14.1.